The molecule has 0 radical (unpaired) electrons. The van der Waals surface area contributed by atoms with E-state index >= 15 is 0 Å². The number of rotatable bonds is 8. The molecule has 110 valence electrons. The fraction of sp³-hybridized carbons (Fsp3) is 0.750. The van der Waals surface area contributed by atoms with Gasteiger partial charge < -0.3 is 9.73 Å². The van der Waals surface area contributed by atoms with Crippen LogP contribution in [0.15, 0.2) is 10.5 Å². The van der Waals surface area contributed by atoms with Crippen LogP contribution in [0.5, 0.6) is 0 Å². The SMILES string of the molecule is CCCNCc1oc(CN(C)C(C)C(C)C)cc1C. The second kappa shape index (κ2) is 7.71. The molecule has 0 aliphatic heterocycles. The average Bonchev–Trinajstić information content (AvgIpc) is 2.69. The number of nitrogens with one attached hydrogen (secondary N) is 1. The molecule has 1 aromatic rings. The van der Waals surface area contributed by atoms with Crippen LogP contribution >= 0.6 is 0 Å². The molecule has 3 heteroatoms. The summed E-state index contributed by atoms with van der Waals surface area (Å²) in [6, 6.07) is 2.74. The molecule has 1 atom stereocenters. The molecule has 19 heavy (non-hydrogen) atoms. The Kier molecular flexibility index (Phi) is 6.59. The lowest BCUT2D eigenvalue weighted by Gasteiger charge is -2.26. The molecule has 1 aromatic heterocycles. The first-order valence-electron chi connectivity index (χ1n) is 7.44. The number of hydrogen-bond donors (Lipinski definition) is 1. The van der Waals surface area contributed by atoms with Crippen molar-refractivity contribution < 1.29 is 4.42 Å². The first-order chi connectivity index (χ1) is 8.95. The Morgan fingerprint density at radius 3 is 2.58 bits per heavy atom. The number of nitrogens with zero attached hydrogens (tertiary/aromatic N) is 1. The second-order valence-corrected chi connectivity index (χ2v) is 5.90. The molecule has 3 nitrogen and oxygen atoms in total. The first-order valence-corrected chi connectivity index (χ1v) is 7.44. The van der Waals surface area contributed by atoms with Crippen molar-refractivity contribution in [2.75, 3.05) is 13.6 Å². The van der Waals surface area contributed by atoms with Gasteiger partial charge in [-0.3, -0.25) is 4.90 Å². The highest BCUT2D eigenvalue weighted by Gasteiger charge is 2.15. The molecule has 1 heterocycles. The summed E-state index contributed by atoms with van der Waals surface area (Å²) < 4.78 is 5.96. The van der Waals surface area contributed by atoms with Crippen molar-refractivity contribution in [1.82, 2.24) is 10.2 Å². The van der Waals surface area contributed by atoms with Crippen molar-refractivity contribution >= 4 is 0 Å². The Morgan fingerprint density at radius 2 is 2.00 bits per heavy atom. The molecule has 0 saturated heterocycles. The zero-order valence-electron chi connectivity index (χ0n) is 13.4. The van der Waals surface area contributed by atoms with E-state index in [4.69, 9.17) is 4.42 Å². The van der Waals surface area contributed by atoms with Gasteiger partial charge in [0.1, 0.15) is 11.5 Å². The molecule has 1 N–H and O–H groups in total. The first kappa shape index (κ1) is 16.3. The molecule has 0 spiro atoms. The fourth-order valence-corrected chi connectivity index (χ4v) is 2.12. The average molecular weight is 266 g/mol. The van der Waals surface area contributed by atoms with E-state index < -0.39 is 0 Å². The minimum Gasteiger partial charge on any atom is -0.463 e. The maximum atomic E-state index is 5.96. The van der Waals surface area contributed by atoms with Gasteiger partial charge in [-0.2, -0.15) is 0 Å². The van der Waals surface area contributed by atoms with E-state index in [1.54, 1.807) is 0 Å². The van der Waals surface area contributed by atoms with Gasteiger partial charge in [0.15, 0.2) is 0 Å². The maximum absolute atomic E-state index is 5.96. The van der Waals surface area contributed by atoms with Gasteiger partial charge in [-0.1, -0.05) is 20.8 Å². The van der Waals surface area contributed by atoms with E-state index in [1.165, 1.54) is 5.56 Å². The van der Waals surface area contributed by atoms with Crippen LogP contribution in [-0.4, -0.2) is 24.5 Å². The predicted octanol–water partition coefficient (Wildman–Crippen LogP) is 3.56. The summed E-state index contributed by atoms with van der Waals surface area (Å²) in [5.74, 6) is 2.81. The van der Waals surface area contributed by atoms with Crippen LogP contribution in [0.1, 0.15) is 51.2 Å². The quantitative estimate of drug-likeness (QED) is 0.729. The van der Waals surface area contributed by atoms with Crippen molar-refractivity contribution in [3.05, 3.63) is 23.2 Å². The number of hydrogen-bond acceptors (Lipinski definition) is 3. The van der Waals surface area contributed by atoms with Crippen LogP contribution in [0.4, 0.5) is 0 Å². The van der Waals surface area contributed by atoms with Crippen LogP contribution in [0, 0.1) is 12.8 Å². The Bertz CT molecular complexity index is 371. The van der Waals surface area contributed by atoms with E-state index in [0.717, 1.165) is 37.6 Å². The smallest absolute Gasteiger partial charge is 0.120 e. The van der Waals surface area contributed by atoms with Gasteiger partial charge in [-0.15, -0.1) is 0 Å². The molecule has 0 aromatic carbocycles. The van der Waals surface area contributed by atoms with Crippen molar-refractivity contribution in [1.29, 1.82) is 0 Å². The normalized spacial score (nSPS) is 13.5. The molecule has 0 bridgehead atoms. The highest BCUT2D eigenvalue weighted by molar-refractivity contribution is 5.20. The Morgan fingerprint density at radius 1 is 1.32 bits per heavy atom. The summed E-state index contributed by atoms with van der Waals surface area (Å²) >= 11 is 0. The van der Waals surface area contributed by atoms with Crippen LogP contribution in [0.25, 0.3) is 0 Å². The van der Waals surface area contributed by atoms with Crippen LogP contribution in [-0.2, 0) is 13.1 Å². The molecule has 0 aliphatic carbocycles. The van der Waals surface area contributed by atoms with E-state index in [-0.39, 0.29) is 0 Å². The van der Waals surface area contributed by atoms with E-state index in [1.807, 2.05) is 0 Å². The lowest BCUT2D eigenvalue weighted by Crippen LogP contribution is -2.32. The van der Waals surface area contributed by atoms with Crippen molar-refractivity contribution in [2.45, 2.75) is 60.2 Å². The van der Waals surface area contributed by atoms with Gasteiger partial charge in [0.05, 0.1) is 13.1 Å². The lowest BCUT2D eigenvalue weighted by molar-refractivity contribution is 0.185. The standard InChI is InChI=1S/C16H30N2O/c1-7-8-17-10-16-13(4)9-15(19-16)11-18(6)14(5)12(2)3/h9,12,14,17H,7-8,10-11H2,1-6H3. The van der Waals surface area contributed by atoms with Crippen LogP contribution < -0.4 is 5.32 Å². The lowest BCUT2D eigenvalue weighted by atomic mass is 10.1. The summed E-state index contributed by atoms with van der Waals surface area (Å²) in [5, 5.41) is 3.39. The van der Waals surface area contributed by atoms with Crippen molar-refractivity contribution in [2.24, 2.45) is 5.92 Å². The molecule has 0 fully saturated rings. The van der Waals surface area contributed by atoms with E-state index in [2.05, 4.69) is 57.9 Å². The largest absolute Gasteiger partial charge is 0.463 e. The second-order valence-electron chi connectivity index (χ2n) is 5.90. The summed E-state index contributed by atoms with van der Waals surface area (Å²) in [6.45, 7) is 13.8. The number of aryl methyl sites for hydroxylation is 1. The van der Waals surface area contributed by atoms with Gasteiger partial charge in [0, 0.05) is 6.04 Å². The van der Waals surface area contributed by atoms with Gasteiger partial charge in [0.2, 0.25) is 0 Å². The number of furan rings is 1. The molecule has 1 rings (SSSR count). The van der Waals surface area contributed by atoms with Gasteiger partial charge in [-0.05, 0) is 51.4 Å². The third kappa shape index (κ3) is 5.00. The predicted molar refractivity (Wildman–Crippen MR) is 81.2 cm³/mol. The minimum absolute atomic E-state index is 0.562. The summed E-state index contributed by atoms with van der Waals surface area (Å²) in [7, 11) is 2.16. The third-order valence-corrected chi connectivity index (χ3v) is 3.85. The highest BCUT2D eigenvalue weighted by Crippen LogP contribution is 2.18. The minimum atomic E-state index is 0.562. The molecule has 0 amide bonds. The Hall–Kier alpha value is -0.800. The van der Waals surface area contributed by atoms with Crippen molar-refractivity contribution in [3.63, 3.8) is 0 Å². The van der Waals surface area contributed by atoms with Crippen LogP contribution in [0.3, 0.4) is 0 Å². The van der Waals surface area contributed by atoms with Crippen LogP contribution in [0.2, 0.25) is 0 Å². The van der Waals surface area contributed by atoms with Gasteiger partial charge in [0.25, 0.3) is 0 Å². The highest BCUT2D eigenvalue weighted by atomic mass is 16.3. The summed E-state index contributed by atoms with van der Waals surface area (Å²) in [5.41, 5.74) is 1.25. The summed E-state index contributed by atoms with van der Waals surface area (Å²) in [4.78, 5) is 2.35. The van der Waals surface area contributed by atoms with Gasteiger partial charge >= 0.3 is 0 Å². The summed E-state index contributed by atoms with van der Waals surface area (Å²) in [6.07, 6.45) is 1.15. The van der Waals surface area contributed by atoms with Gasteiger partial charge in [-0.25, -0.2) is 0 Å². The molecule has 0 saturated carbocycles. The Balaban J connectivity index is 2.57. The maximum Gasteiger partial charge on any atom is 0.120 e. The zero-order chi connectivity index (χ0) is 14.4. The topological polar surface area (TPSA) is 28.4 Å². The Labute approximate surface area is 118 Å². The third-order valence-electron chi connectivity index (χ3n) is 3.85. The van der Waals surface area contributed by atoms with E-state index in [0.29, 0.717) is 12.0 Å². The molecule has 0 aliphatic rings. The fourth-order valence-electron chi connectivity index (χ4n) is 2.12. The monoisotopic (exact) mass is 266 g/mol. The van der Waals surface area contributed by atoms with Crippen molar-refractivity contribution in [3.8, 4) is 0 Å². The molecular formula is C16H30N2O. The molecular weight excluding hydrogens is 236 g/mol. The van der Waals surface area contributed by atoms with E-state index in [9.17, 15) is 0 Å². The molecule has 1 unspecified atom stereocenters. The zero-order valence-corrected chi connectivity index (χ0v) is 13.4.